The maximum atomic E-state index is 5.19. The zero-order valence-electron chi connectivity index (χ0n) is 75.5. The summed E-state index contributed by atoms with van der Waals surface area (Å²) in [5.74, 6) is 0. The molecule has 646 valence electrons. The van der Waals surface area contributed by atoms with Crippen molar-refractivity contribution in [3.63, 3.8) is 0 Å². The van der Waals surface area contributed by atoms with Crippen molar-refractivity contribution in [2.45, 2.75) is 0 Å². The maximum Gasteiger partial charge on any atom is 0.0973 e. The van der Waals surface area contributed by atoms with Crippen LogP contribution in [0.1, 0.15) is 0 Å². The molecule has 140 heavy (non-hydrogen) atoms. The van der Waals surface area contributed by atoms with E-state index >= 15 is 0 Å². The zero-order valence-corrected chi connectivity index (χ0v) is 75.5. The molecular formula is C131H77N9. The van der Waals surface area contributed by atoms with Crippen molar-refractivity contribution in [2.24, 2.45) is 0 Å². The van der Waals surface area contributed by atoms with Gasteiger partial charge in [-0.25, -0.2) is 34.9 Å². The molecule has 0 radical (unpaired) electrons. The predicted octanol–water partition coefficient (Wildman–Crippen LogP) is 34.1. The Labute approximate surface area is 804 Å². The molecule has 28 aromatic rings. The lowest BCUT2D eigenvalue weighted by Gasteiger charge is -2.12. The van der Waals surface area contributed by atoms with Gasteiger partial charge in [0.2, 0.25) is 0 Å². The Balaban J connectivity index is 0.000000103. The summed E-state index contributed by atoms with van der Waals surface area (Å²) in [6.45, 7) is 0. The number of rotatable bonds is 9. The van der Waals surface area contributed by atoms with E-state index in [1.54, 1.807) is 0 Å². The average Bonchev–Trinajstić information content (AvgIpc) is 1.54. The number of nitrogens with zero attached hydrogens (tertiary/aromatic N) is 9. The molecule has 0 bridgehead atoms. The lowest BCUT2D eigenvalue weighted by molar-refractivity contribution is 1.31. The molecule has 9 aromatic heterocycles. The van der Waals surface area contributed by atoms with Gasteiger partial charge in [-0.2, -0.15) is 0 Å². The summed E-state index contributed by atoms with van der Waals surface area (Å²) in [5, 5.41) is 22.7. The number of fused-ring (bicyclic) bond motifs is 24. The molecule has 9 heteroatoms. The highest BCUT2D eigenvalue weighted by Gasteiger charge is 2.26. The number of para-hydroxylation sites is 3. The summed E-state index contributed by atoms with van der Waals surface area (Å²) in [6, 6.07) is 162. The Bertz CT molecular complexity index is 9630. The van der Waals surface area contributed by atoms with Gasteiger partial charge in [0.25, 0.3) is 0 Å². The fraction of sp³-hybridized carbons (Fsp3) is 0. The van der Waals surface area contributed by atoms with E-state index in [1.165, 1.54) is 132 Å². The molecule has 2 aliphatic rings. The smallest absolute Gasteiger partial charge is 0.0973 e. The van der Waals surface area contributed by atoms with Gasteiger partial charge in [0, 0.05) is 88.7 Å². The molecule has 0 saturated carbocycles. The minimum absolute atomic E-state index is 0.843. The quantitative estimate of drug-likeness (QED) is 0.130. The lowest BCUT2D eigenvalue weighted by atomic mass is 9.92. The molecule has 9 heterocycles. The van der Waals surface area contributed by atoms with Crippen molar-refractivity contribution < 1.29 is 0 Å². The molecule has 9 nitrogen and oxygen atoms in total. The third-order valence-electron chi connectivity index (χ3n) is 28.5. The number of hydrogen-bond acceptors (Lipinski definition) is 9. The fourth-order valence-corrected chi connectivity index (χ4v) is 21.6. The maximum absolute atomic E-state index is 5.19. The zero-order chi connectivity index (χ0) is 92.0. The second-order valence-electron chi connectivity index (χ2n) is 36.5. The van der Waals surface area contributed by atoms with Crippen molar-refractivity contribution in [1.29, 1.82) is 0 Å². The van der Waals surface area contributed by atoms with Crippen molar-refractivity contribution in [3.05, 3.63) is 467 Å². The Morgan fingerprint density at radius 2 is 0.386 bits per heavy atom. The minimum atomic E-state index is 0.843. The summed E-state index contributed by atoms with van der Waals surface area (Å²) in [4.78, 5) is 45.1. The van der Waals surface area contributed by atoms with Gasteiger partial charge in [-0.15, -0.1) is 0 Å². The third-order valence-corrected chi connectivity index (χ3v) is 28.5. The molecule has 19 aromatic carbocycles. The van der Waals surface area contributed by atoms with Crippen LogP contribution in [0.25, 0.3) is 298 Å². The average molecular weight is 1780 g/mol. The number of hydrogen-bond donors (Lipinski definition) is 0. The third kappa shape index (κ3) is 13.5. The standard InChI is InChI=1S/C45H27N3.2C43H25N3/c1-6-12-41-33(7-1)25-34(27-46-41)43-24-21-31-18-17-30-20-23-42(47-44(30)45(31)48-43)29-15-13-28(14-16-29)32-19-22-39-37-10-3-2-8-35(37)36-9-4-5-11-38(36)40(39)26-32;1-4-11-37-27(6-1)18-24-39(44-37)40-25-20-30-17-16-29-19-23-38(45-42(29)43(30)46-40)28-14-12-26(13-15-28)31-21-22-36-33-8-3-2-7-32(33)35-10-5-9-34(31)41(35)36;1-4-11-38-30(6-1)24-31(25-44-38)40-23-19-29-17-16-28-18-22-39(45-42(28)43(29)46-40)27-14-12-26(13-15-27)32-20-21-37-34-8-3-2-7-33(34)36-10-5-9-35(32)41(36)37/h1-27H;2*1-25H. The topological polar surface area (TPSA) is 116 Å². The highest BCUT2D eigenvalue weighted by Crippen LogP contribution is 2.52. The van der Waals surface area contributed by atoms with E-state index in [-0.39, 0.29) is 0 Å². The molecule has 0 atom stereocenters. The van der Waals surface area contributed by atoms with Gasteiger partial charge >= 0.3 is 0 Å². The first-order valence-electron chi connectivity index (χ1n) is 47.5. The summed E-state index contributed by atoms with van der Waals surface area (Å²) in [5.41, 5.74) is 37.6. The van der Waals surface area contributed by atoms with Gasteiger partial charge in [0.1, 0.15) is 0 Å². The second-order valence-corrected chi connectivity index (χ2v) is 36.5. The Morgan fingerprint density at radius 1 is 0.121 bits per heavy atom. The summed E-state index contributed by atoms with van der Waals surface area (Å²) in [6.07, 6.45) is 3.81. The molecule has 0 aliphatic heterocycles. The first-order chi connectivity index (χ1) is 69.3. The van der Waals surface area contributed by atoms with E-state index in [0.29, 0.717) is 0 Å². The van der Waals surface area contributed by atoms with Gasteiger partial charge < -0.3 is 0 Å². The fourth-order valence-electron chi connectivity index (χ4n) is 21.6. The van der Waals surface area contributed by atoms with Gasteiger partial charge in [-0.3, -0.25) is 9.97 Å². The number of benzene rings is 19. The van der Waals surface area contributed by atoms with Crippen molar-refractivity contribution in [2.75, 3.05) is 0 Å². The van der Waals surface area contributed by atoms with Crippen LogP contribution in [-0.4, -0.2) is 44.9 Å². The van der Waals surface area contributed by atoms with Crippen LogP contribution < -0.4 is 0 Å². The van der Waals surface area contributed by atoms with E-state index in [9.17, 15) is 0 Å². The Morgan fingerprint density at radius 3 is 0.793 bits per heavy atom. The van der Waals surface area contributed by atoms with E-state index in [2.05, 4.69) is 398 Å². The summed E-state index contributed by atoms with van der Waals surface area (Å²) < 4.78 is 0. The van der Waals surface area contributed by atoms with Crippen LogP contribution in [0.2, 0.25) is 0 Å². The van der Waals surface area contributed by atoms with Crippen molar-refractivity contribution in [3.8, 4) is 146 Å². The molecular weight excluding hydrogens is 1700 g/mol. The molecule has 2 aliphatic carbocycles. The predicted molar refractivity (Wildman–Crippen MR) is 582 cm³/mol. The normalized spacial score (nSPS) is 11.9. The highest BCUT2D eigenvalue weighted by molar-refractivity contribution is 6.26. The first-order valence-corrected chi connectivity index (χ1v) is 47.5. The molecule has 0 spiro atoms. The summed E-state index contributed by atoms with van der Waals surface area (Å²) in [7, 11) is 0. The van der Waals surface area contributed by atoms with Crippen LogP contribution in [0.4, 0.5) is 0 Å². The molecule has 0 saturated heterocycles. The van der Waals surface area contributed by atoms with Crippen molar-refractivity contribution >= 4 is 152 Å². The van der Waals surface area contributed by atoms with E-state index < -0.39 is 0 Å². The molecule has 0 unspecified atom stereocenters. The second kappa shape index (κ2) is 32.5. The van der Waals surface area contributed by atoms with Gasteiger partial charge in [0.15, 0.2) is 0 Å². The van der Waals surface area contributed by atoms with Crippen LogP contribution in [0, 0.1) is 0 Å². The van der Waals surface area contributed by atoms with Crippen LogP contribution in [0.15, 0.2) is 467 Å². The van der Waals surface area contributed by atoms with E-state index in [0.717, 1.165) is 166 Å². The summed E-state index contributed by atoms with van der Waals surface area (Å²) >= 11 is 0. The largest absolute Gasteiger partial charge is 0.256 e. The van der Waals surface area contributed by atoms with E-state index in [4.69, 9.17) is 34.9 Å². The van der Waals surface area contributed by atoms with Crippen LogP contribution >= 0.6 is 0 Å². The van der Waals surface area contributed by atoms with Gasteiger partial charge in [-0.05, 0) is 211 Å². The Hall–Kier alpha value is -18.8. The lowest BCUT2D eigenvalue weighted by Crippen LogP contribution is -1.92. The monoisotopic (exact) mass is 1780 g/mol. The molecule has 0 amide bonds. The van der Waals surface area contributed by atoms with Gasteiger partial charge in [0.05, 0.1) is 89.5 Å². The molecule has 0 fully saturated rings. The molecule has 30 rings (SSSR count). The first kappa shape index (κ1) is 79.7. The van der Waals surface area contributed by atoms with Crippen molar-refractivity contribution in [1.82, 2.24) is 44.9 Å². The van der Waals surface area contributed by atoms with Gasteiger partial charge in [-0.1, -0.05) is 376 Å². The van der Waals surface area contributed by atoms with Crippen LogP contribution in [0.5, 0.6) is 0 Å². The SMILES string of the molecule is c1ccc2c(c1)-c1cccc3c(-c4ccc(-c5ccc6ccc7ccc(-c8ccc9ccccc9n8)nc7c6n5)cc4)ccc-2c13.c1ccc2c(c1)-c1cccc3c(-c4ccc(-c5ccc6ccc7ccc(-c8cnc9ccccc9c8)nc7c6n5)cc4)ccc-2c13.c1ccc2ncc(-c3ccc4ccc5ccc(-c6ccc(-c7ccc8c9ccccc9c9ccccc9c8c7)cc6)nc5c4n3)cc2c1. The highest BCUT2D eigenvalue weighted by atomic mass is 14.8. The number of pyridine rings is 9. The van der Waals surface area contributed by atoms with E-state index in [1.807, 2.05) is 79.1 Å². The number of aromatic nitrogens is 9. The van der Waals surface area contributed by atoms with Crippen LogP contribution in [0.3, 0.4) is 0 Å². The minimum Gasteiger partial charge on any atom is -0.256 e. The van der Waals surface area contributed by atoms with Crippen LogP contribution in [-0.2, 0) is 0 Å². The molecule has 0 N–H and O–H groups in total. The Kier molecular flexibility index (Phi) is 18.5.